The molecule has 0 saturated heterocycles. The van der Waals surface area contributed by atoms with Crippen LogP contribution in [0.3, 0.4) is 0 Å². The first-order valence-electron chi connectivity index (χ1n) is 7.58. The molecule has 1 atom stereocenters. The fraction of sp³-hybridized carbons (Fsp3) is 0.444. The molecule has 1 aromatic heterocycles. The molecule has 4 heteroatoms. The second-order valence-corrected chi connectivity index (χ2v) is 11.5. The third-order valence-electron chi connectivity index (χ3n) is 4.28. The van der Waals surface area contributed by atoms with E-state index in [0.29, 0.717) is 5.04 Å². The number of fused-ring (bicyclic) bond motifs is 1. The van der Waals surface area contributed by atoms with Gasteiger partial charge in [-0.05, 0) is 37.6 Å². The summed E-state index contributed by atoms with van der Waals surface area (Å²) in [6.07, 6.45) is 3.30. The molecule has 1 nitrogen and oxygen atoms in total. The zero-order chi connectivity index (χ0) is 16.2. The number of rotatable bonds is 7. The van der Waals surface area contributed by atoms with Gasteiger partial charge >= 0.3 is 0 Å². The van der Waals surface area contributed by atoms with Gasteiger partial charge in [-0.1, -0.05) is 67.7 Å². The Bertz CT molecular complexity index is 633. The van der Waals surface area contributed by atoms with Crippen LogP contribution in [0.1, 0.15) is 19.4 Å². The molecule has 2 rings (SSSR count). The lowest BCUT2D eigenvalue weighted by Gasteiger charge is -2.29. The number of hydrogen-bond acceptors (Lipinski definition) is 2. The number of ether oxygens (including phenoxy) is 1. The molecule has 0 N–H and O–H groups in total. The van der Waals surface area contributed by atoms with E-state index < -0.39 is 0 Å². The highest BCUT2D eigenvalue weighted by Gasteiger charge is 2.25. The second kappa shape index (κ2) is 8.08. The summed E-state index contributed by atoms with van der Waals surface area (Å²) in [6, 6.07) is 8.64. The Hall–Kier alpha value is -0.173. The first-order valence-corrected chi connectivity index (χ1v) is 12.2. The summed E-state index contributed by atoms with van der Waals surface area (Å²) in [5.74, 6) is 0. The number of benzene rings is 1. The van der Waals surface area contributed by atoms with E-state index in [0.717, 1.165) is 13.0 Å². The van der Waals surface area contributed by atoms with Crippen LogP contribution in [0, 0.1) is 0 Å². The van der Waals surface area contributed by atoms with E-state index in [9.17, 15) is 0 Å². The highest BCUT2D eigenvalue weighted by molar-refractivity contribution is 14.1. The Labute approximate surface area is 153 Å². The van der Waals surface area contributed by atoms with Gasteiger partial charge in [-0.3, -0.25) is 0 Å². The van der Waals surface area contributed by atoms with E-state index in [2.05, 4.69) is 89.3 Å². The van der Waals surface area contributed by atoms with Crippen molar-refractivity contribution in [1.82, 2.24) is 0 Å². The van der Waals surface area contributed by atoms with Crippen molar-refractivity contribution in [3.8, 4) is 0 Å². The van der Waals surface area contributed by atoms with Gasteiger partial charge in [0.1, 0.15) is 0 Å². The molecule has 0 aliphatic carbocycles. The first kappa shape index (κ1) is 18.2. The lowest BCUT2D eigenvalue weighted by molar-refractivity contribution is 0.0690. The van der Waals surface area contributed by atoms with E-state index in [1.54, 1.807) is 0 Å². The zero-order valence-corrected chi connectivity index (χ0v) is 17.7. The predicted octanol–water partition coefficient (Wildman–Crippen LogP) is 6.31. The van der Waals surface area contributed by atoms with Gasteiger partial charge in [0.2, 0.25) is 0 Å². The van der Waals surface area contributed by atoms with E-state index in [1.807, 2.05) is 11.3 Å². The molecule has 0 bridgehead atoms. The quantitative estimate of drug-likeness (QED) is 0.360. The summed E-state index contributed by atoms with van der Waals surface area (Å²) < 4.78 is 9.71. The van der Waals surface area contributed by atoms with Gasteiger partial charge in [0, 0.05) is 17.7 Å². The van der Waals surface area contributed by atoms with Crippen molar-refractivity contribution in [3.05, 3.63) is 45.4 Å². The molecule has 1 heterocycles. The summed E-state index contributed by atoms with van der Waals surface area (Å²) in [5, 5.41) is 3.96. The van der Waals surface area contributed by atoms with Crippen molar-refractivity contribution in [2.45, 2.75) is 44.5 Å². The molecule has 1 aromatic carbocycles. The number of hydrogen-bond donors (Lipinski definition) is 0. The lowest BCUT2D eigenvalue weighted by atomic mass is 10.1. The van der Waals surface area contributed by atoms with Gasteiger partial charge in [0.15, 0.2) is 0 Å². The van der Waals surface area contributed by atoms with Crippen molar-refractivity contribution >= 4 is 52.8 Å². The standard InChI is InChI=1S/C18H24IOSSi/c1-18(2,22(3)4)13-20-15(9-10-19)11-14-12-21-17-8-6-5-7-16(14)17/h5-10,12,15H,11,13H2,1-4H3/b10-9+. The van der Waals surface area contributed by atoms with Crippen LogP contribution >= 0.6 is 33.9 Å². The van der Waals surface area contributed by atoms with Gasteiger partial charge < -0.3 is 4.74 Å². The minimum atomic E-state index is -0.366. The Kier molecular flexibility index (Phi) is 6.68. The topological polar surface area (TPSA) is 9.23 Å². The summed E-state index contributed by atoms with van der Waals surface area (Å²) in [4.78, 5) is 0. The van der Waals surface area contributed by atoms with Gasteiger partial charge in [-0.15, -0.1) is 11.3 Å². The van der Waals surface area contributed by atoms with Crippen LogP contribution in [0.25, 0.3) is 10.1 Å². The summed E-state index contributed by atoms with van der Waals surface area (Å²) in [7, 11) is -0.366. The van der Waals surface area contributed by atoms with Crippen LogP contribution in [0.5, 0.6) is 0 Å². The van der Waals surface area contributed by atoms with Crippen LogP contribution in [0.15, 0.2) is 39.8 Å². The van der Waals surface area contributed by atoms with Crippen molar-refractivity contribution in [3.63, 3.8) is 0 Å². The largest absolute Gasteiger partial charge is 0.374 e. The Morgan fingerprint density at radius 1 is 1.32 bits per heavy atom. The van der Waals surface area contributed by atoms with Crippen molar-refractivity contribution in [1.29, 1.82) is 0 Å². The Morgan fingerprint density at radius 3 is 2.73 bits per heavy atom. The third kappa shape index (κ3) is 4.66. The summed E-state index contributed by atoms with van der Waals surface area (Å²) in [6.45, 7) is 10.2. The normalized spacial score (nSPS) is 14.3. The maximum absolute atomic E-state index is 6.27. The predicted molar refractivity (Wildman–Crippen MR) is 110 cm³/mol. The van der Waals surface area contributed by atoms with Crippen LogP contribution < -0.4 is 0 Å². The monoisotopic (exact) mass is 443 g/mol. The van der Waals surface area contributed by atoms with Crippen LogP contribution in [0.4, 0.5) is 0 Å². The minimum absolute atomic E-state index is 0.163. The highest BCUT2D eigenvalue weighted by Crippen LogP contribution is 2.31. The smallest absolute Gasteiger partial charge is 0.0804 e. The molecule has 119 valence electrons. The maximum atomic E-state index is 6.27. The summed E-state index contributed by atoms with van der Waals surface area (Å²) in [5.41, 5.74) is 1.40. The molecule has 2 aromatic rings. The van der Waals surface area contributed by atoms with Gasteiger partial charge in [0.05, 0.1) is 14.9 Å². The SMILES string of the molecule is C[Si](C)C(C)(C)COC(/C=C/I)Cc1csc2ccccc12. The van der Waals surface area contributed by atoms with Crippen molar-refractivity contribution < 1.29 is 4.74 Å². The Balaban J connectivity index is 2.09. The molecule has 1 radical (unpaired) electrons. The fourth-order valence-corrected chi connectivity index (χ4v) is 3.94. The maximum Gasteiger partial charge on any atom is 0.0804 e. The molecule has 22 heavy (non-hydrogen) atoms. The minimum Gasteiger partial charge on any atom is -0.374 e. The van der Waals surface area contributed by atoms with Crippen LogP contribution in [-0.4, -0.2) is 21.5 Å². The molecular formula is C18H24IOSSi. The van der Waals surface area contributed by atoms with Crippen molar-refractivity contribution in [2.75, 3.05) is 6.61 Å². The zero-order valence-electron chi connectivity index (χ0n) is 13.7. The molecule has 0 spiro atoms. The van der Waals surface area contributed by atoms with Gasteiger partial charge in [0.25, 0.3) is 0 Å². The van der Waals surface area contributed by atoms with Gasteiger partial charge in [-0.2, -0.15) is 0 Å². The summed E-state index contributed by atoms with van der Waals surface area (Å²) >= 11 is 4.11. The number of halogens is 1. The van der Waals surface area contributed by atoms with E-state index in [1.165, 1.54) is 15.6 Å². The van der Waals surface area contributed by atoms with Crippen molar-refractivity contribution in [2.24, 2.45) is 0 Å². The number of thiophene rings is 1. The highest BCUT2D eigenvalue weighted by atomic mass is 127. The average Bonchev–Trinajstić information content (AvgIpc) is 2.88. The molecule has 0 fully saturated rings. The van der Waals surface area contributed by atoms with E-state index >= 15 is 0 Å². The fourth-order valence-electron chi connectivity index (χ4n) is 2.13. The van der Waals surface area contributed by atoms with Crippen LogP contribution in [0.2, 0.25) is 18.1 Å². The van der Waals surface area contributed by atoms with E-state index in [4.69, 9.17) is 4.74 Å². The molecule has 0 aliphatic heterocycles. The van der Waals surface area contributed by atoms with Gasteiger partial charge in [-0.25, -0.2) is 0 Å². The molecular weight excluding hydrogens is 419 g/mol. The van der Waals surface area contributed by atoms with Crippen LogP contribution in [-0.2, 0) is 11.2 Å². The third-order valence-corrected chi connectivity index (χ3v) is 8.56. The lowest BCUT2D eigenvalue weighted by Crippen LogP contribution is -2.29. The van der Waals surface area contributed by atoms with E-state index in [-0.39, 0.29) is 14.9 Å². The Morgan fingerprint density at radius 2 is 2.05 bits per heavy atom. The second-order valence-electron chi connectivity index (χ2n) is 6.51. The average molecular weight is 443 g/mol. The first-order chi connectivity index (χ1) is 10.4. The molecule has 0 amide bonds. The molecule has 0 saturated carbocycles. The molecule has 1 unspecified atom stereocenters. The molecule has 0 aliphatic rings.